The zero-order valence-electron chi connectivity index (χ0n) is 10.2. The van der Waals surface area contributed by atoms with Gasteiger partial charge in [0.2, 0.25) is 0 Å². The Morgan fingerprint density at radius 1 is 1.53 bits per heavy atom. The quantitative estimate of drug-likeness (QED) is 0.915. The molecule has 0 aliphatic carbocycles. The number of carbonyl (C=O) groups is 1. The lowest BCUT2D eigenvalue weighted by molar-refractivity contribution is -0.136. The van der Waals surface area contributed by atoms with E-state index in [4.69, 9.17) is 9.84 Å². The van der Waals surface area contributed by atoms with Crippen molar-refractivity contribution in [1.29, 1.82) is 0 Å². The predicted octanol–water partition coefficient (Wildman–Crippen LogP) is 2.98. The molecule has 0 saturated carbocycles. The van der Waals surface area contributed by atoms with Crippen molar-refractivity contribution in [3.8, 4) is 17.0 Å². The van der Waals surface area contributed by atoms with E-state index in [1.807, 2.05) is 0 Å². The lowest BCUT2D eigenvalue weighted by Crippen LogP contribution is -1.99. The molecule has 0 aliphatic rings. The number of halogens is 1. The maximum absolute atomic E-state index is 13.7. The summed E-state index contributed by atoms with van der Waals surface area (Å²) >= 11 is 1.25. The highest BCUT2D eigenvalue weighted by molar-refractivity contribution is 7.10. The van der Waals surface area contributed by atoms with Crippen molar-refractivity contribution >= 4 is 17.3 Å². The Hall–Kier alpha value is -1.95. The Morgan fingerprint density at radius 2 is 2.32 bits per heavy atom. The minimum absolute atomic E-state index is 0.121. The summed E-state index contributed by atoms with van der Waals surface area (Å²) in [6, 6.07) is 4.59. The maximum Gasteiger partial charge on any atom is 0.310 e. The standard InChI is InChI=1S/C13H12FNO3S/c1-2-18-11-4-3-8(5-9(11)14)10-7-19-12(15-10)6-13(16)17/h3-5,7H,2,6H2,1H3,(H,16,17). The molecule has 2 aromatic rings. The second-order valence-corrected chi connectivity index (χ2v) is 4.72. The maximum atomic E-state index is 13.7. The van der Waals surface area contributed by atoms with Gasteiger partial charge in [0.25, 0.3) is 0 Å². The molecule has 0 bridgehead atoms. The van der Waals surface area contributed by atoms with E-state index in [2.05, 4.69) is 4.98 Å². The third-order valence-electron chi connectivity index (χ3n) is 2.38. The summed E-state index contributed by atoms with van der Waals surface area (Å²) in [4.78, 5) is 14.7. The lowest BCUT2D eigenvalue weighted by Gasteiger charge is -2.05. The van der Waals surface area contributed by atoms with Gasteiger partial charge in [0.05, 0.1) is 18.7 Å². The van der Waals surface area contributed by atoms with Gasteiger partial charge in [-0.3, -0.25) is 4.79 Å². The van der Waals surface area contributed by atoms with Crippen molar-refractivity contribution in [3.63, 3.8) is 0 Å². The molecule has 0 spiro atoms. The van der Waals surface area contributed by atoms with Crippen molar-refractivity contribution in [2.24, 2.45) is 0 Å². The zero-order chi connectivity index (χ0) is 13.8. The highest BCUT2D eigenvalue weighted by atomic mass is 32.1. The van der Waals surface area contributed by atoms with E-state index in [1.54, 1.807) is 24.4 Å². The van der Waals surface area contributed by atoms with E-state index in [0.29, 0.717) is 22.9 Å². The zero-order valence-corrected chi connectivity index (χ0v) is 11.0. The molecule has 0 radical (unpaired) electrons. The average molecular weight is 281 g/mol. The summed E-state index contributed by atoms with van der Waals surface area (Å²) in [6.07, 6.45) is -0.121. The number of aromatic nitrogens is 1. The van der Waals surface area contributed by atoms with Gasteiger partial charge in [0.1, 0.15) is 5.01 Å². The molecular formula is C13H12FNO3S. The number of aliphatic carboxylic acids is 1. The van der Waals surface area contributed by atoms with E-state index < -0.39 is 11.8 Å². The van der Waals surface area contributed by atoms with Crippen molar-refractivity contribution in [1.82, 2.24) is 4.98 Å². The summed E-state index contributed by atoms with van der Waals surface area (Å²) < 4.78 is 18.8. The number of hydrogen-bond donors (Lipinski definition) is 1. The first-order chi connectivity index (χ1) is 9.10. The first-order valence-electron chi connectivity index (χ1n) is 5.69. The summed E-state index contributed by atoms with van der Waals surface area (Å²) in [5.74, 6) is -1.18. The van der Waals surface area contributed by atoms with Crippen LogP contribution in [0.3, 0.4) is 0 Å². The molecule has 2 rings (SSSR count). The molecular weight excluding hydrogens is 269 g/mol. The Kier molecular flexibility index (Phi) is 4.11. The lowest BCUT2D eigenvalue weighted by atomic mass is 10.1. The van der Waals surface area contributed by atoms with Crippen LogP contribution in [0.2, 0.25) is 0 Å². The molecule has 4 nitrogen and oxygen atoms in total. The van der Waals surface area contributed by atoms with Crippen LogP contribution < -0.4 is 4.74 Å². The second-order valence-electron chi connectivity index (χ2n) is 3.78. The normalized spacial score (nSPS) is 10.4. The van der Waals surface area contributed by atoms with Crippen molar-refractivity contribution < 1.29 is 19.0 Å². The van der Waals surface area contributed by atoms with Crippen molar-refractivity contribution in [3.05, 3.63) is 34.4 Å². The number of carboxylic acids is 1. The summed E-state index contributed by atoms with van der Waals surface area (Å²) in [7, 11) is 0. The van der Waals surface area contributed by atoms with E-state index in [0.717, 1.165) is 0 Å². The summed E-state index contributed by atoms with van der Waals surface area (Å²) in [6.45, 7) is 2.18. The van der Waals surface area contributed by atoms with Gasteiger partial charge in [-0.2, -0.15) is 0 Å². The molecule has 0 aliphatic heterocycles. The van der Waals surface area contributed by atoms with E-state index in [1.165, 1.54) is 17.4 Å². The van der Waals surface area contributed by atoms with Crippen LogP contribution in [0.4, 0.5) is 4.39 Å². The minimum atomic E-state index is -0.932. The van der Waals surface area contributed by atoms with Gasteiger partial charge >= 0.3 is 5.97 Å². The number of nitrogens with zero attached hydrogens (tertiary/aromatic N) is 1. The fourth-order valence-electron chi connectivity index (χ4n) is 1.59. The molecule has 0 unspecified atom stereocenters. The molecule has 100 valence electrons. The van der Waals surface area contributed by atoms with Crippen LogP contribution in [0.25, 0.3) is 11.3 Å². The van der Waals surface area contributed by atoms with Gasteiger partial charge in [-0.25, -0.2) is 9.37 Å². The van der Waals surface area contributed by atoms with Crippen LogP contribution in [0.15, 0.2) is 23.6 Å². The molecule has 0 amide bonds. The number of benzene rings is 1. The number of thiazole rings is 1. The van der Waals surface area contributed by atoms with Crippen LogP contribution in [-0.4, -0.2) is 22.7 Å². The molecule has 6 heteroatoms. The first-order valence-corrected chi connectivity index (χ1v) is 6.57. The highest BCUT2D eigenvalue weighted by Gasteiger charge is 2.10. The van der Waals surface area contributed by atoms with Crippen LogP contribution >= 0.6 is 11.3 Å². The fourth-order valence-corrected chi connectivity index (χ4v) is 2.38. The monoisotopic (exact) mass is 281 g/mol. The van der Waals surface area contributed by atoms with Gasteiger partial charge in [-0.15, -0.1) is 11.3 Å². The molecule has 0 fully saturated rings. The largest absolute Gasteiger partial charge is 0.491 e. The number of ether oxygens (including phenoxy) is 1. The van der Waals surface area contributed by atoms with Gasteiger partial charge in [-0.05, 0) is 25.1 Å². The Bertz CT molecular complexity index is 597. The Labute approximate surface area is 113 Å². The third-order valence-corrected chi connectivity index (χ3v) is 3.23. The second kappa shape index (κ2) is 5.79. The van der Waals surface area contributed by atoms with Crippen LogP contribution in [0, 0.1) is 5.82 Å². The topological polar surface area (TPSA) is 59.4 Å². The van der Waals surface area contributed by atoms with E-state index in [9.17, 15) is 9.18 Å². The predicted molar refractivity (Wildman–Crippen MR) is 70.0 cm³/mol. The van der Waals surface area contributed by atoms with Crippen LogP contribution in [0.1, 0.15) is 11.9 Å². The molecule has 1 aromatic carbocycles. The van der Waals surface area contributed by atoms with Gasteiger partial charge in [0.15, 0.2) is 11.6 Å². The van der Waals surface area contributed by atoms with Gasteiger partial charge in [0, 0.05) is 10.9 Å². The summed E-state index contributed by atoms with van der Waals surface area (Å²) in [5.41, 5.74) is 1.18. The third kappa shape index (κ3) is 3.29. The van der Waals surface area contributed by atoms with Crippen LogP contribution in [0.5, 0.6) is 5.75 Å². The highest BCUT2D eigenvalue weighted by Crippen LogP contribution is 2.27. The number of rotatable bonds is 5. The minimum Gasteiger partial charge on any atom is -0.491 e. The van der Waals surface area contributed by atoms with E-state index >= 15 is 0 Å². The SMILES string of the molecule is CCOc1ccc(-c2csc(CC(=O)O)n2)cc1F. The molecule has 0 saturated heterocycles. The summed E-state index contributed by atoms with van der Waals surface area (Å²) in [5, 5.41) is 10.9. The Morgan fingerprint density at radius 3 is 2.95 bits per heavy atom. The Balaban J connectivity index is 2.24. The first kappa shape index (κ1) is 13.5. The van der Waals surface area contributed by atoms with Gasteiger partial charge < -0.3 is 9.84 Å². The van der Waals surface area contributed by atoms with Crippen molar-refractivity contribution in [2.45, 2.75) is 13.3 Å². The van der Waals surface area contributed by atoms with Crippen molar-refractivity contribution in [2.75, 3.05) is 6.61 Å². The average Bonchev–Trinajstić information content (AvgIpc) is 2.79. The molecule has 0 atom stereocenters. The smallest absolute Gasteiger partial charge is 0.310 e. The molecule has 1 aromatic heterocycles. The molecule has 1 heterocycles. The van der Waals surface area contributed by atoms with Gasteiger partial charge in [-0.1, -0.05) is 0 Å². The van der Waals surface area contributed by atoms with E-state index in [-0.39, 0.29) is 12.2 Å². The fraction of sp³-hybridized carbons (Fsp3) is 0.231. The molecule has 19 heavy (non-hydrogen) atoms. The number of hydrogen-bond acceptors (Lipinski definition) is 4. The molecule has 1 N–H and O–H groups in total. The number of carboxylic acid groups (broad SMARTS) is 1. The van der Waals surface area contributed by atoms with Crippen LogP contribution in [-0.2, 0) is 11.2 Å².